The van der Waals surface area contributed by atoms with E-state index in [-0.39, 0.29) is 6.03 Å². The lowest BCUT2D eigenvalue weighted by molar-refractivity contribution is 0.0711. The molecule has 1 heterocycles. The zero-order valence-electron chi connectivity index (χ0n) is 18.4. The van der Waals surface area contributed by atoms with Crippen molar-refractivity contribution in [3.05, 3.63) is 70.4 Å². The van der Waals surface area contributed by atoms with Crippen LogP contribution < -0.4 is 10.0 Å². The number of anilines is 1. The van der Waals surface area contributed by atoms with Crippen molar-refractivity contribution in [3.8, 4) is 5.69 Å². The van der Waals surface area contributed by atoms with Gasteiger partial charge in [0.2, 0.25) is 0 Å². The van der Waals surface area contributed by atoms with E-state index >= 15 is 0 Å². The highest BCUT2D eigenvalue weighted by Gasteiger charge is 2.26. The maximum atomic E-state index is 12.8. The molecule has 32 heavy (non-hydrogen) atoms. The number of fused-ring (bicyclic) bond motifs is 2. The molecule has 2 aliphatic rings. The second-order valence-corrected chi connectivity index (χ2v) is 9.89. The molecule has 0 fully saturated rings. The zero-order chi connectivity index (χ0) is 22.3. The van der Waals surface area contributed by atoms with Gasteiger partial charge in [0, 0.05) is 17.6 Å². The summed E-state index contributed by atoms with van der Waals surface area (Å²) in [5, 5.41) is 19.0. The normalized spacial score (nSPS) is 14.8. The van der Waals surface area contributed by atoms with Crippen molar-refractivity contribution in [1.82, 2.24) is 14.5 Å². The van der Waals surface area contributed by atoms with E-state index in [1.165, 1.54) is 22.3 Å². The molecule has 2 aromatic carbocycles. The fraction of sp³-hybridized carbons (Fsp3) is 0.360. The molecule has 166 valence electrons. The van der Waals surface area contributed by atoms with Gasteiger partial charge in [-0.05, 0) is 92.8 Å². The Balaban J connectivity index is 1.34. The smallest absolute Gasteiger partial charge is 0.329 e. The minimum Gasteiger partial charge on any atom is -0.384 e. The molecule has 3 N–H and O–H groups in total. The van der Waals surface area contributed by atoms with Crippen LogP contribution in [0.4, 0.5) is 10.5 Å². The Morgan fingerprint density at radius 3 is 2.31 bits per heavy atom. The van der Waals surface area contributed by atoms with Gasteiger partial charge < -0.3 is 10.4 Å². The number of benzene rings is 2. The Morgan fingerprint density at radius 1 is 1.03 bits per heavy atom. The number of aryl methyl sites for hydroxylation is 2. The molecule has 6 nitrogen and oxygen atoms in total. The van der Waals surface area contributed by atoms with Crippen molar-refractivity contribution >= 4 is 23.7 Å². The quantitative estimate of drug-likeness (QED) is 0.485. The number of urea groups is 1. The number of aliphatic hydroxyl groups is 1. The van der Waals surface area contributed by atoms with Crippen LogP contribution >= 0.6 is 11.9 Å². The largest absolute Gasteiger partial charge is 0.384 e. The Labute approximate surface area is 192 Å². The van der Waals surface area contributed by atoms with Crippen LogP contribution in [0.25, 0.3) is 5.69 Å². The molecule has 0 saturated carbocycles. The molecule has 0 atom stereocenters. The van der Waals surface area contributed by atoms with Gasteiger partial charge in [0.15, 0.2) is 0 Å². The molecule has 1 aromatic heterocycles. The summed E-state index contributed by atoms with van der Waals surface area (Å²) in [6.45, 7) is 3.46. The summed E-state index contributed by atoms with van der Waals surface area (Å²) in [7, 11) is 0. The average Bonchev–Trinajstić information content (AvgIpc) is 3.51. The summed E-state index contributed by atoms with van der Waals surface area (Å²) in [6.07, 6.45) is 6.57. The highest BCUT2D eigenvalue weighted by atomic mass is 32.2. The lowest BCUT2D eigenvalue weighted by Crippen LogP contribution is -2.24. The first-order chi connectivity index (χ1) is 15.4. The van der Waals surface area contributed by atoms with Crippen LogP contribution in [0.5, 0.6) is 0 Å². The number of para-hydroxylation sites is 1. The monoisotopic (exact) mass is 448 g/mol. The average molecular weight is 449 g/mol. The van der Waals surface area contributed by atoms with E-state index < -0.39 is 5.60 Å². The molecule has 2 amide bonds. The van der Waals surface area contributed by atoms with Gasteiger partial charge in [0.05, 0.1) is 11.4 Å². The first-order valence-electron chi connectivity index (χ1n) is 11.2. The number of hydrogen-bond donors (Lipinski definition) is 3. The van der Waals surface area contributed by atoms with Crippen molar-refractivity contribution in [2.45, 2.75) is 63.0 Å². The van der Waals surface area contributed by atoms with Gasteiger partial charge in [0.25, 0.3) is 0 Å². The topological polar surface area (TPSA) is 79.2 Å². The maximum absolute atomic E-state index is 12.8. The Hall–Kier alpha value is -2.77. The van der Waals surface area contributed by atoms with Crippen LogP contribution in [0.1, 0.15) is 54.6 Å². The highest BCUT2D eigenvalue weighted by molar-refractivity contribution is 7.97. The van der Waals surface area contributed by atoms with Crippen LogP contribution in [-0.4, -0.2) is 20.9 Å². The van der Waals surface area contributed by atoms with E-state index in [1.807, 2.05) is 36.4 Å². The number of nitrogens with one attached hydrogen (secondary N) is 2. The molecule has 0 saturated heterocycles. The molecule has 7 heteroatoms. The van der Waals surface area contributed by atoms with E-state index in [4.69, 9.17) is 0 Å². The number of nitrogens with zero attached hydrogens (tertiary/aromatic N) is 2. The van der Waals surface area contributed by atoms with E-state index in [0.29, 0.717) is 10.7 Å². The van der Waals surface area contributed by atoms with Crippen LogP contribution in [0.3, 0.4) is 0 Å². The Bertz CT molecular complexity index is 1130. The molecule has 0 bridgehead atoms. The minimum atomic E-state index is -1.07. The van der Waals surface area contributed by atoms with Crippen molar-refractivity contribution in [1.29, 1.82) is 0 Å². The molecule has 0 aliphatic heterocycles. The van der Waals surface area contributed by atoms with Gasteiger partial charge in [-0.1, -0.05) is 24.3 Å². The van der Waals surface area contributed by atoms with Crippen LogP contribution in [-0.2, 0) is 31.3 Å². The molecule has 0 unspecified atom stereocenters. The predicted molar refractivity (Wildman–Crippen MR) is 127 cm³/mol. The number of hydrogen-bond acceptors (Lipinski definition) is 4. The summed E-state index contributed by atoms with van der Waals surface area (Å²) < 4.78 is 4.60. The first-order valence-corrected chi connectivity index (χ1v) is 12.0. The number of carbonyl (C=O) groups excluding carboxylic acids is 1. The van der Waals surface area contributed by atoms with E-state index in [1.54, 1.807) is 18.5 Å². The third kappa shape index (κ3) is 4.02. The summed E-state index contributed by atoms with van der Waals surface area (Å²) in [5.74, 6) is 0. The van der Waals surface area contributed by atoms with Gasteiger partial charge in [-0.2, -0.15) is 5.10 Å². The van der Waals surface area contributed by atoms with Crippen LogP contribution in [0.15, 0.2) is 47.5 Å². The van der Waals surface area contributed by atoms with E-state index in [0.717, 1.165) is 61.8 Å². The van der Waals surface area contributed by atoms with Gasteiger partial charge in [-0.25, -0.2) is 9.48 Å². The predicted octanol–water partition coefficient (Wildman–Crippen LogP) is 4.91. The van der Waals surface area contributed by atoms with Crippen LogP contribution in [0, 0.1) is 0 Å². The number of amides is 2. The molecule has 0 spiro atoms. The Morgan fingerprint density at radius 2 is 1.69 bits per heavy atom. The van der Waals surface area contributed by atoms with Crippen LogP contribution in [0.2, 0.25) is 0 Å². The third-order valence-corrected chi connectivity index (χ3v) is 6.97. The lowest BCUT2D eigenvalue weighted by Gasteiger charge is -2.18. The molecule has 2 aliphatic carbocycles. The first kappa shape index (κ1) is 21.1. The third-order valence-electron chi connectivity index (χ3n) is 6.27. The fourth-order valence-corrected chi connectivity index (χ4v) is 5.36. The molecule has 3 aromatic rings. The van der Waals surface area contributed by atoms with Crippen molar-refractivity contribution < 1.29 is 9.90 Å². The molecule has 0 radical (unpaired) electrons. The summed E-state index contributed by atoms with van der Waals surface area (Å²) >= 11 is 1.16. The van der Waals surface area contributed by atoms with Gasteiger partial charge in [0.1, 0.15) is 10.6 Å². The Kier molecular flexibility index (Phi) is 5.47. The minimum absolute atomic E-state index is 0.247. The van der Waals surface area contributed by atoms with Crippen molar-refractivity contribution in [2.24, 2.45) is 0 Å². The molecular weight excluding hydrogens is 420 g/mol. The van der Waals surface area contributed by atoms with E-state index in [9.17, 15) is 9.90 Å². The fourth-order valence-electron chi connectivity index (χ4n) is 4.82. The summed E-state index contributed by atoms with van der Waals surface area (Å²) in [6, 6.07) is 13.6. The summed E-state index contributed by atoms with van der Waals surface area (Å²) in [5.41, 5.74) is 6.87. The van der Waals surface area contributed by atoms with Gasteiger partial charge >= 0.3 is 6.03 Å². The molecule has 5 rings (SSSR count). The van der Waals surface area contributed by atoms with Gasteiger partial charge in [-0.3, -0.25) is 4.72 Å². The van der Waals surface area contributed by atoms with Crippen molar-refractivity contribution in [3.63, 3.8) is 0 Å². The van der Waals surface area contributed by atoms with Gasteiger partial charge in [-0.15, -0.1) is 0 Å². The SMILES string of the molecule is CC(C)(O)c1cc(SNC(=O)Nc2c3c(cc4c2CCC4)CCC3)nn1-c1ccccc1. The highest BCUT2D eigenvalue weighted by Crippen LogP contribution is 2.38. The number of carbonyl (C=O) groups is 1. The second-order valence-electron chi connectivity index (χ2n) is 9.07. The number of aromatic nitrogens is 2. The lowest BCUT2D eigenvalue weighted by atomic mass is 9.99. The summed E-state index contributed by atoms with van der Waals surface area (Å²) in [4.78, 5) is 12.8. The zero-order valence-corrected chi connectivity index (χ0v) is 19.3. The second kappa shape index (κ2) is 8.30. The standard InChI is InChI=1S/C25H28N4O2S/c1-25(2,31)21-15-22(27-29(21)18-10-4-3-5-11-18)32-28-24(30)26-23-19-12-6-8-16(19)14-17-9-7-13-20(17)23/h3-5,10-11,14-15,31H,6-9,12-13H2,1-2H3,(H2,26,28,30). The number of rotatable bonds is 5. The van der Waals surface area contributed by atoms with E-state index in [2.05, 4.69) is 21.2 Å². The maximum Gasteiger partial charge on any atom is 0.329 e. The molecular formula is C25H28N4O2S. The van der Waals surface area contributed by atoms with Crippen molar-refractivity contribution in [2.75, 3.05) is 5.32 Å².